The fourth-order valence-electron chi connectivity index (χ4n) is 12.3. The number of nitrogens with two attached hydrogens (primary N) is 5. The monoisotopic (exact) mass is 1730 g/mol. The van der Waals surface area contributed by atoms with Crippen LogP contribution < -0.4 is 103 Å². The summed E-state index contributed by atoms with van der Waals surface area (Å²) in [4.78, 5) is 236. The minimum absolute atomic E-state index is 0.00282. The Labute approximate surface area is 709 Å². The molecule has 4 rings (SSSR count). The Kier molecular flexibility index (Phi) is 43.5. The molecule has 29 N–H and O–H groups in total. The molecule has 121 heavy (non-hydrogen) atoms. The third kappa shape index (κ3) is 37.0. The molecule has 0 spiro atoms. The lowest BCUT2D eigenvalue weighted by Gasteiger charge is -2.29. The summed E-state index contributed by atoms with van der Waals surface area (Å²) in [5, 5.41) is 72.9. The van der Waals surface area contributed by atoms with Crippen LogP contribution in [0.2, 0.25) is 0 Å². The van der Waals surface area contributed by atoms with Crippen molar-refractivity contribution in [3.8, 4) is 5.75 Å². The minimum Gasteiger partial charge on any atom is -0.508 e. The standard InChI is InChI=1S/C78H115N21O20S2/c1-40(2)30-54(95-75(116)58(35-62(82)102)89-63(103)37-87-65(106)42(5)88-67(108)51(19-13-29-85-78(83)84)90-66(107)48(80)38-120)71(112)92-52(24-26-61(81)101)70(111)97-57(34-45-36-86-49-17-10-9-16-47(45)49)74(115)94-55(31-41(3)4)72(113)99-60(39-121)76(117)93-53(25-27-64(104)105)69(110)91-50(18-11-12-28-79)68(109)96-56(32-44-20-22-46(100)23-21-44)73(114)98-59(77(118)119)33-43-14-7-6-8-15-43/h6-10,14-17,20-23,36,40-42,48,50-60,86,100,120-121H,11-13,18-19,24-35,37-39,79-80H2,1-5H3,(H2,81,101)(H2,82,102)(H,87,106)(H,88,108)(H,89,103)(H,90,107)(H,91,110)(H,92,112)(H,93,117)(H,94,115)(H,95,116)(H,96,109)(H,97,111)(H,98,114)(H,99,113)(H,104,105)(H,118,119)(H4,83,84,85)/t42-,48-,50-,51-,52-,53-,54-,55-,56-,57-,58-,59-,60-/m0/s1. The number of carbonyl (C=O) groups excluding carboxylic acids is 15. The fraction of sp³-hybridized carbons (Fsp3) is 0.513. The van der Waals surface area contributed by atoms with Crippen LogP contribution in [0.5, 0.6) is 5.75 Å². The zero-order valence-electron chi connectivity index (χ0n) is 67.9. The highest BCUT2D eigenvalue weighted by atomic mass is 32.1. The van der Waals surface area contributed by atoms with Gasteiger partial charge in [-0.3, -0.25) is 82.1 Å². The van der Waals surface area contributed by atoms with E-state index in [9.17, 15) is 92.0 Å². The van der Waals surface area contributed by atoms with E-state index in [4.69, 9.17) is 34.1 Å². The zero-order chi connectivity index (χ0) is 90.2. The van der Waals surface area contributed by atoms with Gasteiger partial charge >= 0.3 is 11.9 Å². The average molecular weight is 1730 g/mol. The van der Waals surface area contributed by atoms with Crippen LogP contribution in [-0.2, 0) is 101 Å². The number of benzene rings is 3. The first-order valence-corrected chi connectivity index (χ1v) is 40.5. The molecule has 0 bridgehead atoms. The number of aromatic hydroxyl groups is 1. The van der Waals surface area contributed by atoms with E-state index in [0.29, 0.717) is 34.0 Å². The molecular weight excluding hydrogens is 1620 g/mol. The molecule has 0 fully saturated rings. The molecule has 43 heteroatoms. The van der Waals surface area contributed by atoms with Crippen molar-refractivity contribution in [2.24, 2.45) is 40.5 Å². The van der Waals surface area contributed by atoms with Crippen molar-refractivity contribution in [1.29, 1.82) is 5.41 Å². The summed E-state index contributed by atoms with van der Waals surface area (Å²) in [5.41, 5.74) is 30.0. The molecule has 0 aliphatic carbocycles. The van der Waals surface area contributed by atoms with Crippen LogP contribution in [0.4, 0.5) is 0 Å². The third-order valence-corrected chi connectivity index (χ3v) is 19.4. The molecule has 0 unspecified atom stereocenters. The maximum absolute atomic E-state index is 15.0. The van der Waals surface area contributed by atoms with E-state index in [0.717, 1.165) is 0 Å². The first-order valence-electron chi connectivity index (χ1n) is 39.3. The fourth-order valence-corrected chi connectivity index (χ4v) is 12.7. The molecule has 15 amide bonds. The number of nitrogens with one attached hydrogen (secondary N) is 16. The van der Waals surface area contributed by atoms with E-state index < -0.39 is 235 Å². The Morgan fingerprint density at radius 3 is 1.39 bits per heavy atom. The molecule has 4 aromatic rings. The van der Waals surface area contributed by atoms with Crippen LogP contribution in [0, 0.1) is 17.2 Å². The Balaban J connectivity index is 1.60. The van der Waals surface area contributed by atoms with Crippen molar-refractivity contribution in [3.05, 3.63) is 102 Å². The van der Waals surface area contributed by atoms with Crippen LogP contribution in [0.3, 0.4) is 0 Å². The first kappa shape index (κ1) is 101. The molecule has 0 aliphatic heterocycles. The van der Waals surface area contributed by atoms with Crippen molar-refractivity contribution in [2.75, 3.05) is 31.1 Å². The quantitative estimate of drug-likeness (QED) is 0.00859. The first-order chi connectivity index (χ1) is 57.2. The van der Waals surface area contributed by atoms with Gasteiger partial charge in [0.15, 0.2) is 5.96 Å². The van der Waals surface area contributed by atoms with Crippen LogP contribution in [0.25, 0.3) is 10.9 Å². The summed E-state index contributed by atoms with van der Waals surface area (Å²) in [6, 6.07) is 0.992. The Morgan fingerprint density at radius 2 is 0.876 bits per heavy atom. The molecule has 1 heterocycles. The Morgan fingerprint density at radius 1 is 0.438 bits per heavy atom. The summed E-state index contributed by atoms with van der Waals surface area (Å²) in [6.45, 7) is 7.41. The Bertz CT molecular complexity index is 4240. The van der Waals surface area contributed by atoms with Crippen LogP contribution in [-0.4, -0.2) is 236 Å². The van der Waals surface area contributed by atoms with Crippen LogP contribution in [0.1, 0.15) is 128 Å². The highest BCUT2D eigenvalue weighted by Crippen LogP contribution is 2.21. The number of carbonyl (C=O) groups is 17. The predicted molar refractivity (Wildman–Crippen MR) is 449 cm³/mol. The summed E-state index contributed by atoms with van der Waals surface area (Å²) >= 11 is 8.33. The maximum Gasteiger partial charge on any atom is 0.326 e. The van der Waals surface area contributed by atoms with Crippen molar-refractivity contribution in [2.45, 2.75) is 209 Å². The number of rotatable bonds is 55. The van der Waals surface area contributed by atoms with E-state index in [1.165, 1.54) is 31.2 Å². The van der Waals surface area contributed by atoms with Crippen molar-refractivity contribution >= 4 is 143 Å². The number of para-hydroxylation sites is 1. The number of fused-ring (bicyclic) bond motifs is 1. The number of guanidine groups is 1. The van der Waals surface area contributed by atoms with Gasteiger partial charge in [-0.1, -0.05) is 88.4 Å². The molecule has 41 nitrogen and oxygen atoms in total. The van der Waals surface area contributed by atoms with Gasteiger partial charge in [-0.15, -0.1) is 0 Å². The highest BCUT2D eigenvalue weighted by Gasteiger charge is 2.38. The second-order valence-corrected chi connectivity index (χ2v) is 30.5. The van der Waals surface area contributed by atoms with Gasteiger partial charge in [-0.25, -0.2) is 4.79 Å². The zero-order valence-corrected chi connectivity index (χ0v) is 69.7. The minimum atomic E-state index is -1.81. The highest BCUT2D eigenvalue weighted by molar-refractivity contribution is 7.80. The van der Waals surface area contributed by atoms with Gasteiger partial charge < -0.3 is 123 Å². The number of phenolic OH excluding ortho intramolecular Hbond substituents is 1. The second-order valence-electron chi connectivity index (χ2n) is 29.7. The number of aromatic amines is 1. The second kappa shape index (κ2) is 52.0. The number of aromatic nitrogens is 1. The van der Waals surface area contributed by atoms with Crippen molar-refractivity contribution in [3.63, 3.8) is 0 Å². The lowest BCUT2D eigenvalue weighted by molar-refractivity contribution is -0.142. The summed E-state index contributed by atoms with van der Waals surface area (Å²) < 4.78 is 0. The number of carboxylic acid groups (broad SMARTS) is 2. The van der Waals surface area contributed by atoms with Gasteiger partial charge in [0.2, 0.25) is 88.6 Å². The van der Waals surface area contributed by atoms with Gasteiger partial charge in [0.25, 0.3) is 0 Å². The number of thiol groups is 2. The SMILES string of the molecule is CC(C)C[C@H](NC(=O)[C@H](CC(N)=O)NC(=O)CNC(=O)[C@H](C)NC(=O)[C@H](CCCNC(=N)N)NC(=O)[C@@H](N)CS)C(=O)N[C@@H](CCC(N)=O)C(=O)N[C@@H](Cc1c[nH]c2ccccc12)C(=O)N[C@@H](CC(C)C)C(=O)N[C@@H](CS)C(=O)N[C@@H](CCC(=O)O)C(=O)N[C@@H](CCCCN)C(=O)N[C@@H](Cc1ccc(O)cc1)C(=O)N[C@@H](Cc1ccccc1)C(=O)O. The number of unbranched alkanes of at least 4 members (excludes halogenated alkanes) is 1. The molecule has 3 aromatic carbocycles. The summed E-state index contributed by atoms with van der Waals surface area (Å²) in [6.07, 6.45) is -2.08. The number of amides is 15. The molecule has 0 radical (unpaired) electrons. The smallest absolute Gasteiger partial charge is 0.326 e. The van der Waals surface area contributed by atoms with Crippen molar-refractivity contribution in [1.82, 2.24) is 79.4 Å². The summed E-state index contributed by atoms with van der Waals surface area (Å²) in [5.74, 6) is -19.6. The molecule has 13 atom stereocenters. The van der Waals surface area contributed by atoms with Gasteiger partial charge in [0.05, 0.1) is 19.0 Å². The number of H-pyrrole nitrogens is 1. The van der Waals surface area contributed by atoms with Gasteiger partial charge in [-0.2, -0.15) is 25.3 Å². The topological polar surface area (TPSA) is 689 Å². The number of primary amides is 2. The predicted octanol–water partition coefficient (Wildman–Crippen LogP) is -4.38. The number of hydrogen-bond acceptors (Lipinski definition) is 23. The number of hydrogen-bond donors (Lipinski definition) is 26. The molecule has 0 aliphatic rings. The van der Waals surface area contributed by atoms with Gasteiger partial charge in [-0.05, 0) is 118 Å². The number of phenols is 1. The van der Waals surface area contributed by atoms with E-state index in [1.807, 2.05) is 0 Å². The molecule has 0 saturated heterocycles. The lowest BCUT2D eigenvalue weighted by Crippen LogP contribution is -2.61. The van der Waals surface area contributed by atoms with Crippen LogP contribution >= 0.6 is 25.3 Å². The average Bonchev–Trinajstić information content (AvgIpc) is 1.69. The van der Waals surface area contributed by atoms with Gasteiger partial charge in [0.1, 0.15) is 78.3 Å². The van der Waals surface area contributed by atoms with Gasteiger partial charge in [0, 0.05) is 67.3 Å². The van der Waals surface area contributed by atoms with Crippen LogP contribution in [0.15, 0.2) is 85.1 Å². The molecular formula is C78H115N21O20S2. The van der Waals surface area contributed by atoms with Crippen molar-refractivity contribution < 1.29 is 96.8 Å². The van der Waals surface area contributed by atoms with E-state index in [-0.39, 0.29) is 88.3 Å². The Hall–Kier alpha value is -12.1. The molecule has 1 aromatic heterocycles. The van der Waals surface area contributed by atoms with E-state index >= 15 is 4.79 Å². The number of carboxylic acids is 2. The largest absolute Gasteiger partial charge is 0.508 e. The maximum atomic E-state index is 15.0. The lowest BCUT2D eigenvalue weighted by atomic mass is 9.99. The summed E-state index contributed by atoms with van der Waals surface area (Å²) in [7, 11) is 0. The molecule has 0 saturated carbocycles. The third-order valence-electron chi connectivity index (χ3n) is 18.7. The normalized spacial score (nSPS) is 14.3. The number of aliphatic carboxylic acids is 2. The van der Waals surface area contributed by atoms with E-state index in [2.05, 4.69) is 105 Å². The van der Waals surface area contributed by atoms with E-state index in [1.54, 1.807) is 88.5 Å². The molecule has 664 valence electrons.